The highest BCUT2D eigenvalue weighted by molar-refractivity contribution is 5.60. The van der Waals surface area contributed by atoms with Crippen LogP contribution in [0.25, 0.3) is 5.76 Å². The number of nitrogens with one attached hydrogen (secondary N) is 1. The van der Waals surface area contributed by atoms with Gasteiger partial charge in [-0.15, -0.1) is 0 Å². The van der Waals surface area contributed by atoms with E-state index in [1.807, 2.05) is 38.2 Å². The van der Waals surface area contributed by atoms with Crippen LogP contribution in [0.5, 0.6) is 0 Å². The SMILES string of the molecule is CC.CCC(C)CC1NC=C(c2ccccc2)O1. The van der Waals surface area contributed by atoms with Crippen molar-refractivity contribution in [3.8, 4) is 0 Å². The van der Waals surface area contributed by atoms with E-state index in [0.29, 0.717) is 5.92 Å². The van der Waals surface area contributed by atoms with E-state index in [4.69, 9.17) is 4.74 Å². The third-order valence-corrected chi connectivity index (χ3v) is 3.04. The maximum Gasteiger partial charge on any atom is 0.169 e. The molecule has 18 heavy (non-hydrogen) atoms. The van der Waals surface area contributed by atoms with Crippen molar-refractivity contribution in [1.29, 1.82) is 0 Å². The van der Waals surface area contributed by atoms with Crippen molar-refractivity contribution in [2.24, 2.45) is 5.92 Å². The van der Waals surface area contributed by atoms with Gasteiger partial charge < -0.3 is 10.1 Å². The Morgan fingerprint density at radius 1 is 1.22 bits per heavy atom. The fourth-order valence-corrected chi connectivity index (χ4v) is 1.79. The Bertz CT molecular complexity index is 359. The average molecular weight is 247 g/mol. The molecule has 0 amide bonds. The molecule has 0 aromatic heterocycles. The highest BCUT2D eigenvalue weighted by Gasteiger charge is 2.19. The van der Waals surface area contributed by atoms with Crippen LogP contribution in [0.3, 0.4) is 0 Å². The molecule has 0 spiro atoms. The molecule has 1 aliphatic rings. The third-order valence-electron chi connectivity index (χ3n) is 3.04. The minimum Gasteiger partial charge on any atom is -0.469 e. The highest BCUT2D eigenvalue weighted by atomic mass is 16.5. The summed E-state index contributed by atoms with van der Waals surface area (Å²) in [5, 5.41) is 3.29. The first-order valence-corrected chi connectivity index (χ1v) is 6.98. The van der Waals surface area contributed by atoms with Crippen molar-refractivity contribution in [3.05, 3.63) is 42.1 Å². The first-order valence-electron chi connectivity index (χ1n) is 6.98. The molecule has 1 aliphatic heterocycles. The van der Waals surface area contributed by atoms with Crippen LogP contribution in [-0.4, -0.2) is 6.23 Å². The van der Waals surface area contributed by atoms with Crippen LogP contribution < -0.4 is 5.32 Å². The molecule has 0 saturated heterocycles. The lowest BCUT2D eigenvalue weighted by molar-refractivity contribution is 0.142. The van der Waals surface area contributed by atoms with Gasteiger partial charge in [0.05, 0.1) is 0 Å². The Morgan fingerprint density at radius 3 is 2.50 bits per heavy atom. The Kier molecular flexibility index (Phi) is 6.34. The predicted octanol–water partition coefficient (Wildman–Crippen LogP) is 4.39. The topological polar surface area (TPSA) is 21.3 Å². The zero-order chi connectivity index (χ0) is 13.4. The number of rotatable bonds is 4. The summed E-state index contributed by atoms with van der Waals surface area (Å²) in [6.07, 6.45) is 4.37. The van der Waals surface area contributed by atoms with Crippen molar-refractivity contribution >= 4 is 5.76 Å². The molecule has 1 N–H and O–H groups in total. The minimum absolute atomic E-state index is 0.144. The number of benzene rings is 1. The molecule has 1 aromatic carbocycles. The van der Waals surface area contributed by atoms with Crippen molar-refractivity contribution < 1.29 is 4.74 Å². The van der Waals surface area contributed by atoms with Crippen LogP contribution in [-0.2, 0) is 4.74 Å². The average Bonchev–Trinajstić information content (AvgIpc) is 2.90. The summed E-state index contributed by atoms with van der Waals surface area (Å²) in [5.74, 6) is 1.65. The molecule has 100 valence electrons. The monoisotopic (exact) mass is 247 g/mol. The summed E-state index contributed by atoms with van der Waals surface area (Å²) in [4.78, 5) is 0. The molecule has 2 unspecified atom stereocenters. The smallest absolute Gasteiger partial charge is 0.169 e. The number of ether oxygens (including phenoxy) is 1. The summed E-state index contributed by atoms with van der Waals surface area (Å²) in [6.45, 7) is 8.47. The highest BCUT2D eigenvalue weighted by Crippen LogP contribution is 2.24. The largest absolute Gasteiger partial charge is 0.469 e. The summed E-state index contributed by atoms with van der Waals surface area (Å²) in [7, 11) is 0. The van der Waals surface area contributed by atoms with Gasteiger partial charge >= 0.3 is 0 Å². The van der Waals surface area contributed by atoms with E-state index >= 15 is 0 Å². The van der Waals surface area contributed by atoms with E-state index < -0.39 is 0 Å². The van der Waals surface area contributed by atoms with Gasteiger partial charge in [0.1, 0.15) is 5.76 Å². The lowest BCUT2D eigenvalue weighted by atomic mass is 10.0. The van der Waals surface area contributed by atoms with Gasteiger partial charge in [-0.3, -0.25) is 0 Å². The molecule has 2 atom stereocenters. The van der Waals surface area contributed by atoms with E-state index in [-0.39, 0.29) is 6.23 Å². The first-order chi connectivity index (χ1) is 8.79. The molecule has 0 fully saturated rings. The summed E-state index contributed by atoms with van der Waals surface area (Å²) < 4.78 is 5.87. The van der Waals surface area contributed by atoms with Gasteiger partial charge in [0, 0.05) is 18.2 Å². The van der Waals surface area contributed by atoms with Crippen LogP contribution in [0.2, 0.25) is 0 Å². The number of hydrogen-bond acceptors (Lipinski definition) is 2. The van der Waals surface area contributed by atoms with E-state index in [2.05, 4.69) is 31.3 Å². The molecule has 2 rings (SSSR count). The Hall–Kier alpha value is -1.44. The maximum absolute atomic E-state index is 5.87. The fourth-order valence-electron chi connectivity index (χ4n) is 1.79. The van der Waals surface area contributed by atoms with Gasteiger partial charge in [-0.2, -0.15) is 0 Å². The zero-order valence-corrected chi connectivity index (χ0v) is 11.9. The Balaban J connectivity index is 0.000000771. The van der Waals surface area contributed by atoms with Gasteiger partial charge in [0.25, 0.3) is 0 Å². The third kappa shape index (κ3) is 4.10. The van der Waals surface area contributed by atoms with Crippen LogP contribution in [0.15, 0.2) is 36.5 Å². The molecule has 1 heterocycles. The first kappa shape index (κ1) is 14.6. The summed E-state index contributed by atoms with van der Waals surface area (Å²) >= 11 is 0. The van der Waals surface area contributed by atoms with Gasteiger partial charge in [-0.1, -0.05) is 64.4 Å². The van der Waals surface area contributed by atoms with Gasteiger partial charge in [-0.05, 0) is 5.92 Å². The van der Waals surface area contributed by atoms with E-state index in [9.17, 15) is 0 Å². The predicted molar refractivity (Wildman–Crippen MR) is 77.8 cm³/mol. The molecular weight excluding hydrogens is 222 g/mol. The fraction of sp³-hybridized carbons (Fsp3) is 0.500. The van der Waals surface area contributed by atoms with Crippen LogP contribution in [0.4, 0.5) is 0 Å². The van der Waals surface area contributed by atoms with Gasteiger partial charge in [-0.25, -0.2) is 0 Å². The van der Waals surface area contributed by atoms with Crippen LogP contribution >= 0.6 is 0 Å². The van der Waals surface area contributed by atoms with Crippen molar-refractivity contribution in [3.63, 3.8) is 0 Å². The second-order valence-corrected chi connectivity index (χ2v) is 4.40. The van der Waals surface area contributed by atoms with Gasteiger partial charge in [0.2, 0.25) is 0 Å². The molecular formula is C16H25NO. The lowest BCUT2D eigenvalue weighted by Crippen LogP contribution is -2.23. The molecule has 0 radical (unpaired) electrons. The quantitative estimate of drug-likeness (QED) is 0.851. The summed E-state index contributed by atoms with van der Waals surface area (Å²) in [6, 6.07) is 10.2. The standard InChI is InChI=1S/C14H19NO.C2H6/c1-3-11(2)9-14-15-10-13(16-14)12-7-5-4-6-8-12;1-2/h4-8,10-11,14-15H,3,9H2,1-2H3;1-2H3. The minimum atomic E-state index is 0.144. The number of hydrogen-bond donors (Lipinski definition) is 1. The molecule has 0 bridgehead atoms. The molecule has 2 nitrogen and oxygen atoms in total. The second kappa shape index (κ2) is 7.80. The zero-order valence-electron chi connectivity index (χ0n) is 11.9. The van der Waals surface area contributed by atoms with Gasteiger partial charge in [0.15, 0.2) is 6.23 Å². The van der Waals surface area contributed by atoms with E-state index in [1.54, 1.807) is 0 Å². The Labute approximate surface area is 111 Å². The van der Waals surface area contributed by atoms with E-state index in [0.717, 1.165) is 17.7 Å². The van der Waals surface area contributed by atoms with Crippen molar-refractivity contribution in [1.82, 2.24) is 5.32 Å². The summed E-state index contributed by atoms with van der Waals surface area (Å²) in [5.41, 5.74) is 1.14. The molecule has 0 aliphatic carbocycles. The molecule has 1 aromatic rings. The Morgan fingerprint density at radius 2 is 1.89 bits per heavy atom. The second-order valence-electron chi connectivity index (χ2n) is 4.40. The van der Waals surface area contributed by atoms with Crippen LogP contribution in [0, 0.1) is 5.92 Å². The van der Waals surface area contributed by atoms with Crippen molar-refractivity contribution in [2.45, 2.75) is 46.8 Å². The normalized spacial score (nSPS) is 18.9. The van der Waals surface area contributed by atoms with Crippen molar-refractivity contribution in [2.75, 3.05) is 0 Å². The van der Waals surface area contributed by atoms with E-state index in [1.165, 1.54) is 6.42 Å². The molecule has 0 saturated carbocycles. The lowest BCUT2D eigenvalue weighted by Gasteiger charge is -2.16. The van der Waals surface area contributed by atoms with Crippen LogP contribution in [0.1, 0.15) is 46.1 Å². The maximum atomic E-state index is 5.87. The molecule has 2 heteroatoms.